The zero-order valence-electron chi connectivity index (χ0n) is 21.1. The number of hydroxylamine groups is 2. The summed E-state index contributed by atoms with van der Waals surface area (Å²) in [4.78, 5) is 31.2. The summed E-state index contributed by atoms with van der Waals surface area (Å²) in [6.45, 7) is 2.67. The fourth-order valence-electron chi connectivity index (χ4n) is 4.95. The molecule has 4 aromatic rings. The van der Waals surface area contributed by atoms with Crippen molar-refractivity contribution in [3.63, 3.8) is 0 Å². The number of carbonyl (C=O) groups excluding carboxylic acids is 1. The number of carboxylic acid groups (broad SMARTS) is 1. The number of benzene rings is 4. The first-order valence-corrected chi connectivity index (χ1v) is 12.7. The zero-order valence-corrected chi connectivity index (χ0v) is 21.1. The number of nitrogens with zero attached hydrogens (tertiary/aromatic N) is 1. The Hall–Kier alpha value is -4.42. The normalized spacial score (nSPS) is 15.7. The van der Waals surface area contributed by atoms with Crippen molar-refractivity contribution in [3.05, 3.63) is 137 Å². The van der Waals surface area contributed by atoms with Crippen LogP contribution in [-0.2, 0) is 9.53 Å². The summed E-state index contributed by atoms with van der Waals surface area (Å²) >= 11 is 0. The molecule has 0 radical (unpaired) electrons. The average molecular weight is 508 g/mol. The molecule has 5 rings (SSSR count). The largest absolute Gasteiger partial charge is 0.478 e. The fourth-order valence-corrected chi connectivity index (χ4v) is 4.95. The second kappa shape index (κ2) is 11.3. The van der Waals surface area contributed by atoms with Crippen LogP contribution in [0.4, 0.5) is 0 Å². The van der Waals surface area contributed by atoms with Crippen LogP contribution in [0.15, 0.2) is 109 Å². The average Bonchev–Trinajstić information content (AvgIpc) is 2.96. The van der Waals surface area contributed by atoms with Crippen LogP contribution in [0.2, 0.25) is 0 Å². The van der Waals surface area contributed by atoms with Crippen LogP contribution in [0, 0.1) is 5.92 Å². The van der Waals surface area contributed by atoms with Crippen molar-refractivity contribution >= 4 is 11.9 Å². The van der Waals surface area contributed by atoms with Gasteiger partial charge in [0.1, 0.15) is 5.56 Å². The van der Waals surface area contributed by atoms with Crippen LogP contribution in [-0.4, -0.2) is 35.2 Å². The standard InChI is InChI=1S/C32H29NO5/c1-2-37-30(24-16-10-5-11-17-24)27-21-33(31(27)34)38-28-19-18-25(20-26(28)32(35)36)29(22-12-6-3-7-13-22)23-14-8-4-9-15-23/h3-20,27,29-30H,2,21H2,1H3,(H,35,36). The minimum Gasteiger partial charge on any atom is -0.478 e. The maximum Gasteiger partial charge on any atom is 0.339 e. The van der Waals surface area contributed by atoms with E-state index in [2.05, 4.69) is 0 Å². The van der Waals surface area contributed by atoms with Gasteiger partial charge < -0.3 is 14.7 Å². The van der Waals surface area contributed by atoms with Crippen molar-refractivity contribution in [2.45, 2.75) is 18.9 Å². The van der Waals surface area contributed by atoms with Crippen LogP contribution in [0.25, 0.3) is 0 Å². The van der Waals surface area contributed by atoms with Gasteiger partial charge in [-0.3, -0.25) is 4.79 Å². The first kappa shape index (κ1) is 25.2. The Balaban J connectivity index is 1.40. The molecule has 6 nitrogen and oxygen atoms in total. The van der Waals surface area contributed by atoms with Crippen LogP contribution >= 0.6 is 0 Å². The minimum absolute atomic E-state index is 0.0000276. The third kappa shape index (κ3) is 5.17. The number of carbonyl (C=O) groups is 2. The van der Waals surface area contributed by atoms with E-state index in [-0.39, 0.29) is 29.2 Å². The van der Waals surface area contributed by atoms with E-state index >= 15 is 0 Å². The number of carboxylic acids is 1. The molecular weight excluding hydrogens is 478 g/mol. The molecular formula is C32H29NO5. The van der Waals surface area contributed by atoms with Gasteiger partial charge in [-0.05, 0) is 41.3 Å². The lowest BCUT2D eigenvalue weighted by atomic mass is 9.84. The van der Waals surface area contributed by atoms with Crippen LogP contribution in [0.5, 0.6) is 5.75 Å². The van der Waals surface area contributed by atoms with Crippen molar-refractivity contribution in [2.75, 3.05) is 13.2 Å². The number of amides is 1. The van der Waals surface area contributed by atoms with E-state index < -0.39 is 11.9 Å². The molecule has 1 aliphatic rings. The highest BCUT2D eigenvalue weighted by Crippen LogP contribution is 2.37. The van der Waals surface area contributed by atoms with Crippen molar-refractivity contribution in [1.29, 1.82) is 0 Å². The number of rotatable bonds is 10. The second-order valence-electron chi connectivity index (χ2n) is 9.20. The van der Waals surface area contributed by atoms with Crippen molar-refractivity contribution in [1.82, 2.24) is 5.06 Å². The molecule has 4 aromatic carbocycles. The fraction of sp³-hybridized carbons (Fsp3) is 0.188. The second-order valence-corrected chi connectivity index (χ2v) is 9.20. The molecule has 1 amide bonds. The number of aromatic carboxylic acids is 1. The molecule has 2 unspecified atom stereocenters. The van der Waals surface area contributed by atoms with Gasteiger partial charge >= 0.3 is 5.97 Å². The van der Waals surface area contributed by atoms with Gasteiger partial charge in [0.05, 0.1) is 18.6 Å². The van der Waals surface area contributed by atoms with Gasteiger partial charge in [0, 0.05) is 12.5 Å². The van der Waals surface area contributed by atoms with Gasteiger partial charge in [-0.25, -0.2) is 4.79 Å². The Morgan fingerprint density at radius 2 is 1.39 bits per heavy atom. The molecule has 1 N–H and O–H groups in total. The summed E-state index contributed by atoms with van der Waals surface area (Å²) in [6, 6.07) is 34.7. The summed E-state index contributed by atoms with van der Waals surface area (Å²) in [5.41, 5.74) is 3.84. The predicted molar refractivity (Wildman–Crippen MR) is 144 cm³/mol. The van der Waals surface area contributed by atoms with Crippen molar-refractivity contribution in [2.24, 2.45) is 5.92 Å². The third-order valence-corrected chi connectivity index (χ3v) is 6.81. The lowest BCUT2D eigenvalue weighted by Crippen LogP contribution is -2.56. The van der Waals surface area contributed by atoms with E-state index in [0.717, 1.165) is 22.3 Å². The summed E-state index contributed by atoms with van der Waals surface area (Å²) in [7, 11) is 0. The lowest BCUT2D eigenvalue weighted by Gasteiger charge is -2.40. The highest BCUT2D eigenvalue weighted by atomic mass is 16.7. The van der Waals surface area contributed by atoms with E-state index in [4.69, 9.17) is 9.57 Å². The predicted octanol–water partition coefficient (Wildman–Crippen LogP) is 6.10. The summed E-state index contributed by atoms with van der Waals surface area (Å²) in [6.07, 6.45) is -0.382. The van der Waals surface area contributed by atoms with Gasteiger partial charge in [-0.15, -0.1) is 0 Å². The zero-order chi connectivity index (χ0) is 26.5. The molecule has 1 aliphatic heterocycles. The van der Waals surface area contributed by atoms with Crippen LogP contribution < -0.4 is 4.84 Å². The van der Waals surface area contributed by atoms with Crippen LogP contribution in [0.3, 0.4) is 0 Å². The molecule has 1 saturated heterocycles. The Morgan fingerprint density at radius 1 is 0.842 bits per heavy atom. The molecule has 6 heteroatoms. The Morgan fingerprint density at radius 3 is 1.89 bits per heavy atom. The van der Waals surface area contributed by atoms with Crippen molar-refractivity contribution < 1.29 is 24.3 Å². The monoisotopic (exact) mass is 507 g/mol. The molecule has 0 aliphatic carbocycles. The molecule has 38 heavy (non-hydrogen) atoms. The van der Waals surface area contributed by atoms with Gasteiger partial charge in [0.15, 0.2) is 5.75 Å². The number of β-lactam (4-membered cyclic amide) rings is 1. The number of ether oxygens (including phenoxy) is 1. The summed E-state index contributed by atoms with van der Waals surface area (Å²) < 4.78 is 5.89. The van der Waals surface area contributed by atoms with Gasteiger partial charge in [0.2, 0.25) is 0 Å². The highest BCUT2D eigenvalue weighted by Gasteiger charge is 2.45. The molecule has 192 valence electrons. The summed E-state index contributed by atoms with van der Waals surface area (Å²) in [5, 5.41) is 11.3. The van der Waals surface area contributed by atoms with E-state index in [9.17, 15) is 14.7 Å². The van der Waals surface area contributed by atoms with Crippen LogP contribution in [0.1, 0.15) is 51.6 Å². The SMILES string of the molecule is CCOC(c1ccccc1)C1CN(Oc2ccc(C(c3ccccc3)c3ccccc3)cc2C(=O)O)C1=O. The number of hydrogen-bond donors (Lipinski definition) is 1. The smallest absolute Gasteiger partial charge is 0.339 e. The topological polar surface area (TPSA) is 76.1 Å². The molecule has 0 bridgehead atoms. The molecule has 1 heterocycles. The maximum absolute atomic E-state index is 13.1. The van der Waals surface area contributed by atoms with E-state index in [1.807, 2.05) is 104 Å². The number of hydrogen-bond acceptors (Lipinski definition) is 4. The Kier molecular flexibility index (Phi) is 7.52. The van der Waals surface area contributed by atoms with E-state index in [0.29, 0.717) is 13.2 Å². The Bertz CT molecular complexity index is 1350. The molecule has 2 atom stereocenters. The first-order valence-electron chi connectivity index (χ1n) is 12.7. The minimum atomic E-state index is -1.12. The van der Waals surface area contributed by atoms with E-state index in [1.54, 1.807) is 12.1 Å². The Labute approximate surface area is 222 Å². The molecule has 0 aromatic heterocycles. The molecule has 1 fully saturated rings. The molecule has 0 spiro atoms. The first-order chi connectivity index (χ1) is 18.6. The lowest BCUT2D eigenvalue weighted by molar-refractivity contribution is -0.198. The quantitative estimate of drug-likeness (QED) is 0.208. The third-order valence-electron chi connectivity index (χ3n) is 6.81. The van der Waals surface area contributed by atoms with E-state index in [1.165, 1.54) is 5.06 Å². The summed E-state index contributed by atoms with van der Waals surface area (Å²) in [5.74, 6) is -1.79. The molecule has 0 saturated carbocycles. The van der Waals surface area contributed by atoms with Gasteiger partial charge in [-0.1, -0.05) is 97.1 Å². The van der Waals surface area contributed by atoms with Crippen molar-refractivity contribution in [3.8, 4) is 5.75 Å². The van der Waals surface area contributed by atoms with Gasteiger partial charge in [0.25, 0.3) is 5.91 Å². The maximum atomic E-state index is 13.1. The highest BCUT2D eigenvalue weighted by molar-refractivity contribution is 5.91. The van der Waals surface area contributed by atoms with Gasteiger partial charge in [-0.2, -0.15) is 5.06 Å².